The maximum Gasteiger partial charge on any atom is 0.368 e. The van der Waals surface area contributed by atoms with Gasteiger partial charge in [-0.1, -0.05) is 12.1 Å². The summed E-state index contributed by atoms with van der Waals surface area (Å²) in [6.07, 6.45) is 0. The molecule has 0 saturated carbocycles. The van der Waals surface area contributed by atoms with Crippen LogP contribution in [0.15, 0.2) is 33.7 Å². The molecule has 0 amide bonds. The summed E-state index contributed by atoms with van der Waals surface area (Å²) < 4.78 is 36.3. The fourth-order valence-corrected chi connectivity index (χ4v) is 3.42. The highest BCUT2D eigenvalue weighted by molar-refractivity contribution is 7.90. The lowest BCUT2D eigenvalue weighted by Crippen LogP contribution is -2.49. The topological polar surface area (TPSA) is 101 Å². The zero-order chi connectivity index (χ0) is 13.8. The van der Waals surface area contributed by atoms with Crippen LogP contribution in [0.5, 0.6) is 0 Å². The Balaban J connectivity index is 3.19. The van der Waals surface area contributed by atoms with Crippen molar-refractivity contribution in [1.82, 2.24) is 0 Å². The van der Waals surface area contributed by atoms with Crippen LogP contribution in [0, 0.1) is 0 Å². The summed E-state index contributed by atoms with van der Waals surface area (Å²) in [5.74, 6) is 0. The second-order valence-corrected chi connectivity index (χ2v) is 8.39. The third kappa shape index (κ3) is 2.89. The second-order valence-electron chi connectivity index (χ2n) is 3.52. The highest BCUT2D eigenvalue weighted by Gasteiger charge is 2.31. The van der Waals surface area contributed by atoms with Crippen LogP contribution in [0.3, 0.4) is 0 Å². The van der Waals surface area contributed by atoms with E-state index in [2.05, 4.69) is 9.43 Å². The van der Waals surface area contributed by atoms with Crippen molar-refractivity contribution in [1.29, 1.82) is 0 Å². The van der Waals surface area contributed by atoms with Crippen LogP contribution in [-0.2, 0) is 18.9 Å². The Morgan fingerprint density at radius 2 is 1.72 bits per heavy atom. The highest BCUT2D eigenvalue weighted by atomic mass is 32.2. The van der Waals surface area contributed by atoms with Crippen molar-refractivity contribution in [2.24, 2.45) is 4.52 Å². The van der Waals surface area contributed by atoms with Crippen LogP contribution in [0.4, 0.5) is 0 Å². The molecule has 1 rings (SSSR count). The van der Waals surface area contributed by atoms with Gasteiger partial charge in [-0.05, 0) is 29.4 Å². The van der Waals surface area contributed by atoms with Gasteiger partial charge in [0.2, 0.25) is 0 Å². The lowest BCUT2D eigenvalue weighted by Gasteiger charge is -2.22. The Morgan fingerprint density at radius 3 is 2.11 bits per heavy atom. The summed E-state index contributed by atoms with van der Waals surface area (Å²) in [6, 6.07) is 5.92. The molecule has 0 aliphatic rings. The summed E-state index contributed by atoms with van der Waals surface area (Å²) >= 11 is 0. The first-order valence-electron chi connectivity index (χ1n) is 4.92. The van der Waals surface area contributed by atoms with Gasteiger partial charge in [-0.15, -0.1) is 0 Å². The summed E-state index contributed by atoms with van der Waals surface area (Å²) in [5, 5.41) is 0.785. The van der Waals surface area contributed by atoms with Crippen LogP contribution in [0.2, 0.25) is 6.55 Å². The average Bonchev–Trinajstić information content (AvgIpc) is 2.38. The summed E-state index contributed by atoms with van der Waals surface area (Å²) in [6.45, 7) is 1.84. The predicted molar refractivity (Wildman–Crippen MR) is 68.0 cm³/mol. The lowest BCUT2D eigenvalue weighted by molar-refractivity contribution is 0.265. The largest absolute Gasteiger partial charge is 0.394 e. The fourth-order valence-electron chi connectivity index (χ4n) is 1.34. The number of nitrogens with zero attached hydrogens (tertiary/aromatic N) is 3. The van der Waals surface area contributed by atoms with Gasteiger partial charge in [0.05, 0.1) is 4.90 Å². The van der Waals surface area contributed by atoms with Gasteiger partial charge in [-0.2, -0.15) is 0 Å². The van der Waals surface area contributed by atoms with Crippen LogP contribution in [0.25, 0.3) is 10.4 Å². The van der Waals surface area contributed by atoms with Crippen molar-refractivity contribution in [2.45, 2.75) is 11.4 Å². The van der Waals surface area contributed by atoms with Crippen molar-refractivity contribution in [3.63, 3.8) is 0 Å². The molecule has 0 spiro atoms. The Hall–Kier alpha value is -1.38. The van der Waals surface area contributed by atoms with E-state index in [9.17, 15) is 8.42 Å². The van der Waals surface area contributed by atoms with E-state index < -0.39 is 18.6 Å². The molecule has 1 aromatic carbocycles. The predicted octanol–water partition coefficient (Wildman–Crippen LogP) is 1.26. The number of azide groups is 1. The minimum Gasteiger partial charge on any atom is -0.394 e. The summed E-state index contributed by atoms with van der Waals surface area (Å²) in [4.78, 5) is 2.22. The van der Waals surface area contributed by atoms with Crippen LogP contribution in [0.1, 0.15) is 0 Å². The van der Waals surface area contributed by atoms with E-state index in [0.717, 1.165) is 5.19 Å². The number of rotatable bonds is 5. The molecule has 0 unspecified atom stereocenters. The van der Waals surface area contributed by atoms with E-state index in [0.29, 0.717) is 0 Å². The van der Waals surface area contributed by atoms with Crippen molar-refractivity contribution < 1.29 is 17.3 Å². The molecule has 0 aliphatic carbocycles. The molecular weight excluding hydrogens is 274 g/mol. The van der Waals surface area contributed by atoms with Gasteiger partial charge in [0.25, 0.3) is 10.0 Å². The maximum atomic E-state index is 11.5. The van der Waals surface area contributed by atoms with Gasteiger partial charge < -0.3 is 8.85 Å². The number of hydrogen-bond acceptors (Lipinski definition) is 4. The monoisotopic (exact) mass is 287 g/mol. The molecule has 0 saturated heterocycles. The highest BCUT2D eigenvalue weighted by Crippen LogP contribution is 2.13. The van der Waals surface area contributed by atoms with Crippen molar-refractivity contribution in [3.05, 3.63) is 34.7 Å². The maximum absolute atomic E-state index is 11.5. The standard InChI is InChI=1S/C9H13N3O4SSi/c1-15-18(3,16-2)9-6-4-8(5-7-9)17(13,14)12-11-10/h4-7H,1-3H3. The first-order valence-corrected chi connectivity index (χ1v) is 8.67. The van der Waals surface area contributed by atoms with Gasteiger partial charge in [-0.3, -0.25) is 0 Å². The number of benzene rings is 1. The van der Waals surface area contributed by atoms with Gasteiger partial charge in [0.1, 0.15) is 0 Å². The van der Waals surface area contributed by atoms with Crippen molar-refractivity contribution >= 4 is 23.8 Å². The normalized spacial score (nSPS) is 11.9. The van der Waals surface area contributed by atoms with E-state index in [4.69, 9.17) is 14.4 Å². The summed E-state index contributed by atoms with van der Waals surface area (Å²) in [5.41, 5.74) is 8.17. The Morgan fingerprint density at radius 1 is 1.22 bits per heavy atom. The molecule has 0 radical (unpaired) electrons. The zero-order valence-corrected chi connectivity index (χ0v) is 12.0. The Labute approximate surface area is 106 Å². The minimum absolute atomic E-state index is 0.0624. The fraction of sp³-hybridized carbons (Fsp3) is 0.333. The molecule has 0 N–H and O–H groups in total. The first-order chi connectivity index (χ1) is 8.39. The van der Waals surface area contributed by atoms with Crippen LogP contribution < -0.4 is 5.19 Å². The third-order valence-corrected chi connectivity index (χ3v) is 6.70. The molecule has 9 heteroatoms. The van der Waals surface area contributed by atoms with E-state index in [1.54, 1.807) is 26.4 Å². The third-order valence-electron chi connectivity index (χ3n) is 2.60. The van der Waals surface area contributed by atoms with Gasteiger partial charge >= 0.3 is 8.56 Å². The molecule has 0 atom stereocenters. The quantitative estimate of drug-likeness (QED) is 0.352. The Kier molecular flexibility index (Phi) is 4.49. The molecule has 1 aromatic rings. The molecule has 7 nitrogen and oxygen atoms in total. The average molecular weight is 287 g/mol. The van der Waals surface area contributed by atoms with Crippen LogP contribution in [-0.4, -0.2) is 31.2 Å². The zero-order valence-electron chi connectivity index (χ0n) is 10.2. The SMILES string of the molecule is CO[Si](C)(OC)c1ccc(S(=O)(=O)N=[N+]=[N-])cc1. The first kappa shape index (κ1) is 14.7. The molecule has 0 aromatic heterocycles. The van der Waals surface area contributed by atoms with E-state index in [-0.39, 0.29) is 4.90 Å². The molecule has 0 heterocycles. The van der Waals surface area contributed by atoms with Crippen LogP contribution >= 0.6 is 0 Å². The van der Waals surface area contributed by atoms with E-state index in [1.165, 1.54) is 12.1 Å². The van der Waals surface area contributed by atoms with E-state index >= 15 is 0 Å². The van der Waals surface area contributed by atoms with Gasteiger partial charge in [-0.25, -0.2) is 8.42 Å². The van der Waals surface area contributed by atoms with Crippen molar-refractivity contribution in [2.75, 3.05) is 14.2 Å². The molecule has 98 valence electrons. The van der Waals surface area contributed by atoms with Crippen molar-refractivity contribution in [3.8, 4) is 0 Å². The number of hydrogen-bond donors (Lipinski definition) is 0. The molecule has 18 heavy (non-hydrogen) atoms. The van der Waals surface area contributed by atoms with Gasteiger partial charge in [0.15, 0.2) is 0 Å². The second kappa shape index (κ2) is 5.51. The lowest BCUT2D eigenvalue weighted by atomic mass is 10.4. The van der Waals surface area contributed by atoms with E-state index in [1.807, 2.05) is 6.55 Å². The molecule has 0 bridgehead atoms. The molecule has 0 fully saturated rings. The smallest absolute Gasteiger partial charge is 0.368 e. The number of sulfonamides is 1. The summed E-state index contributed by atoms with van der Waals surface area (Å²) in [7, 11) is -3.33. The molecular formula is C9H13N3O4SSi. The van der Waals surface area contributed by atoms with Gasteiger partial charge in [0, 0.05) is 23.7 Å². The molecule has 0 aliphatic heterocycles. The Bertz CT molecular complexity index is 562. The minimum atomic E-state index is -3.94.